The van der Waals surface area contributed by atoms with E-state index < -0.39 is 23.9 Å². The highest BCUT2D eigenvalue weighted by atomic mass is 35.5. The van der Waals surface area contributed by atoms with Gasteiger partial charge < -0.3 is 20.9 Å². The van der Waals surface area contributed by atoms with Crippen LogP contribution in [0.2, 0.25) is 0 Å². The first-order valence-electron chi connectivity index (χ1n) is 10.8. The maximum Gasteiger partial charge on any atom is 0.268 e. The number of aromatic amines is 1. The summed E-state index contributed by atoms with van der Waals surface area (Å²) in [7, 11) is 0. The van der Waals surface area contributed by atoms with Crippen molar-refractivity contribution in [3.8, 4) is 0 Å². The maximum atomic E-state index is 13.1. The van der Waals surface area contributed by atoms with Crippen molar-refractivity contribution >= 4 is 46.0 Å². The van der Waals surface area contributed by atoms with Crippen molar-refractivity contribution in [2.24, 2.45) is 11.8 Å². The van der Waals surface area contributed by atoms with Crippen molar-refractivity contribution in [1.82, 2.24) is 20.9 Å². The van der Waals surface area contributed by atoms with Gasteiger partial charge in [0.15, 0.2) is 5.78 Å². The van der Waals surface area contributed by atoms with Gasteiger partial charge in [-0.15, -0.1) is 11.6 Å². The molecule has 1 unspecified atom stereocenters. The van der Waals surface area contributed by atoms with E-state index in [9.17, 15) is 19.2 Å². The molecule has 1 aliphatic heterocycles. The highest BCUT2D eigenvalue weighted by molar-refractivity contribution is 6.28. The minimum Gasteiger partial charge on any atom is -0.356 e. The van der Waals surface area contributed by atoms with Crippen molar-refractivity contribution in [2.45, 2.75) is 45.2 Å². The highest BCUT2D eigenvalue weighted by Gasteiger charge is 2.33. The van der Waals surface area contributed by atoms with Gasteiger partial charge in [0.1, 0.15) is 11.7 Å². The lowest BCUT2D eigenvalue weighted by Crippen LogP contribution is -2.53. The van der Waals surface area contributed by atoms with Crippen molar-refractivity contribution in [3.63, 3.8) is 0 Å². The molecule has 0 spiro atoms. The number of rotatable bonds is 10. The summed E-state index contributed by atoms with van der Waals surface area (Å²) in [5, 5.41) is 9.14. The Bertz CT molecular complexity index is 970. The summed E-state index contributed by atoms with van der Waals surface area (Å²) in [6, 6.07) is 7.52. The van der Waals surface area contributed by atoms with E-state index in [0.717, 1.165) is 10.9 Å². The van der Waals surface area contributed by atoms with Crippen LogP contribution in [0.15, 0.2) is 30.3 Å². The summed E-state index contributed by atoms with van der Waals surface area (Å²) in [4.78, 5) is 53.3. The van der Waals surface area contributed by atoms with E-state index in [2.05, 4.69) is 20.9 Å². The fourth-order valence-electron chi connectivity index (χ4n) is 3.93. The molecular weight excluding hydrogens is 432 g/mol. The van der Waals surface area contributed by atoms with Crippen molar-refractivity contribution in [2.75, 3.05) is 12.4 Å². The number of hydrogen-bond acceptors (Lipinski definition) is 4. The van der Waals surface area contributed by atoms with Crippen LogP contribution >= 0.6 is 11.6 Å². The van der Waals surface area contributed by atoms with Crippen LogP contribution in [0.4, 0.5) is 0 Å². The molecule has 0 bridgehead atoms. The fraction of sp³-hybridized carbons (Fsp3) is 0.478. The second-order valence-electron chi connectivity index (χ2n) is 8.60. The lowest BCUT2D eigenvalue weighted by molar-refractivity contribution is -0.129. The van der Waals surface area contributed by atoms with Crippen LogP contribution in [0, 0.1) is 11.8 Å². The molecule has 8 nitrogen and oxygen atoms in total. The van der Waals surface area contributed by atoms with Crippen LogP contribution in [-0.4, -0.2) is 53.0 Å². The Kier molecular flexibility index (Phi) is 7.90. The summed E-state index contributed by atoms with van der Waals surface area (Å²) in [6.45, 7) is 4.44. The molecule has 2 heterocycles. The Labute approximate surface area is 191 Å². The zero-order valence-electron chi connectivity index (χ0n) is 18.2. The zero-order chi connectivity index (χ0) is 23.3. The molecule has 32 heavy (non-hydrogen) atoms. The number of halogens is 1. The number of Topliss-reactive ketones (excluding diaryl/α,β-unsaturated/α-hetero) is 1. The van der Waals surface area contributed by atoms with Gasteiger partial charge in [0.05, 0.1) is 11.9 Å². The molecule has 0 saturated carbocycles. The van der Waals surface area contributed by atoms with E-state index in [1.54, 1.807) is 6.07 Å². The van der Waals surface area contributed by atoms with Crippen molar-refractivity contribution in [1.29, 1.82) is 0 Å². The number of ketones is 1. The van der Waals surface area contributed by atoms with E-state index in [4.69, 9.17) is 11.6 Å². The maximum absolute atomic E-state index is 13.1. The third-order valence-corrected chi connectivity index (χ3v) is 5.89. The predicted octanol–water partition coefficient (Wildman–Crippen LogP) is 2.13. The van der Waals surface area contributed by atoms with Gasteiger partial charge in [-0.2, -0.15) is 0 Å². The molecule has 1 aliphatic rings. The number of amides is 3. The van der Waals surface area contributed by atoms with Gasteiger partial charge in [0.2, 0.25) is 11.8 Å². The van der Waals surface area contributed by atoms with E-state index in [1.165, 1.54) is 0 Å². The highest BCUT2D eigenvalue weighted by Crippen LogP contribution is 2.18. The largest absolute Gasteiger partial charge is 0.356 e. The molecule has 9 heteroatoms. The molecule has 4 N–H and O–H groups in total. The van der Waals surface area contributed by atoms with Crippen LogP contribution in [0.1, 0.15) is 43.6 Å². The smallest absolute Gasteiger partial charge is 0.268 e. The molecule has 1 aromatic carbocycles. The Morgan fingerprint density at radius 1 is 1.16 bits per heavy atom. The summed E-state index contributed by atoms with van der Waals surface area (Å²) in [5.41, 5.74) is 1.17. The number of carbonyl (C=O) groups excluding carboxylic acids is 4. The van der Waals surface area contributed by atoms with Crippen LogP contribution in [0.5, 0.6) is 0 Å². The third kappa shape index (κ3) is 5.88. The third-order valence-electron chi connectivity index (χ3n) is 5.62. The standard InChI is InChI=1S/C23H29ClN4O4/c1-13(2)9-18(28-23(32)19-10-14-5-3-4-6-16(14)26-19)22(31)27-17(20(29)12-24)11-15-7-8-25-21(15)30/h3-6,10,13,15,17-18,26H,7-9,11-12H2,1-2H3,(H,25,30)(H,27,31)(H,28,32)/t15?,17-,18+/m1/s1. The first-order valence-corrected chi connectivity index (χ1v) is 11.4. The second kappa shape index (κ2) is 10.6. The first kappa shape index (κ1) is 23.8. The number of nitrogens with one attached hydrogen (secondary N) is 4. The van der Waals surface area contributed by atoms with E-state index >= 15 is 0 Å². The van der Waals surface area contributed by atoms with Crippen molar-refractivity contribution in [3.05, 3.63) is 36.0 Å². The summed E-state index contributed by atoms with van der Waals surface area (Å²) >= 11 is 5.74. The monoisotopic (exact) mass is 460 g/mol. The molecule has 1 aromatic heterocycles. The number of aromatic nitrogens is 1. The topological polar surface area (TPSA) is 120 Å². The normalized spacial score (nSPS) is 17.8. The number of H-pyrrole nitrogens is 1. The summed E-state index contributed by atoms with van der Waals surface area (Å²) < 4.78 is 0. The molecule has 2 aromatic rings. The molecular formula is C23H29ClN4O4. The summed E-state index contributed by atoms with van der Waals surface area (Å²) in [6.07, 6.45) is 1.18. The van der Waals surface area contributed by atoms with Crippen LogP contribution in [-0.2, 0) is 14.4 Å². The molecule has 172 valence electrons. The quantitative estimate of drug-likeness (QED) is 0.406. The second-order valence-corrected chi connectivity index (χ2v) is 8.87. The van der Waals surface area contributed by atoms with Crippen LogP contribution < -0.4 is 16.0 Å². The number of benzene rings is 1. The Morgan fingerprint density at radius 2 is 1.91 bits per heavy atom. The lowest BCUT2D eigenvalue weighted by Gasteiger charge is -2.24. The van der Waals surface area contributed by atoms with Crippen LogP contribution in [0.25, 0.3) is 10.9 Å². The van der Waals surface area contributed by atoms with E-state index in [1.807, 2.05) is 38.1 Å². The Morgan fingerprint density at radius 3 is 2.53 bits per heavy atom. The zero-order valence-corrected chi connectivity index (χ0v) is 19.0. The predicted molar refractivity (Wildman–Crippen MR) is 122 cm³/mol. The van der Waals surface area contributed by atoms with Gasteiger partial charge >= 0.3 is 0 Å². The molecule has 3 amide bonds. The Balaban J connectivity index is 1.72. The SMILES string of the molecule is CC(C)C[C@H](NC(=O)c1cc2ccccc2[nH]1)C(=O)N[C@H](CC1CCNC1=O)C(=O)CCl. The lowest BCUT2D eigenvalue weighted by atomic mass is 9.95. The van der Waals surface area contributed by atoms with Gasteiger partial charge in [0, 0.05) is 23.4 Å². The Hall–Kier alpha value is -2.87. The molecule has 1 fully saturated rings. The number of fused-ring (bicyclic) bond motifs is 1. The number of hydrogen-bond donors (Lipinski definition) is 4. The van der Waals surface area contributed by atoms with E-state index in [-0.39, 0.29) is 35.8 Å². The fourth-order valence-corrected chi connectivity index (χ4v) is 4.11. The first-order chi connectivity index (χ1) is 15.3. The number of alkyl halides is 1. The van der Waals surface area contributed by atoms with E-state index in [0.29, 0.717) is 25.1 Å². The van der Waals surface area contributed by atoms with Gasteiger partial charge in [0.25, 0.3) is 5.91 Å². The van der Waals surface area contributed by atoms with Crippen molar-refractivity contribution < 1.29 is 19.2 Å². The molecule has 1 saturated heterocycles. The molecule has 3 atom stereocenters. The van der Waals surface area contributed by atoms with Gasteiger partial charge in [-0.05, 0) is 37.3 Å². The number of carbonyl (C=O) groups is 4. The molecule has 0 aliphatic carbocycles. The number of para-hydroxylation sites is 1. The van der Waals surface area contributed by atoms with Gasteiger partial charge in [-0.3, -0.25) is 19.2 Å². The average Bonchev–Trinajstić information content (AvgIpc) is 3.37. The van der Waals surface area contributed by atoms with Gasteiger partial charge in [-0.25, -0.2) is 0 Å². The minimum absolute atomic E-state index is 0.122. The summed E-state index contributed by atoms with van der Waals surface area (Å²) in [5.74, 6) is -1.85. The average molecular weight is 461 g/mol. The molecule has 3 rings (SSSR count). The van der Waals surface area contributed by atoms with Gasteiger partial charge in [-0.1, -0.05) is 32.0 Å². The molecule has 0 radical (unpaired) electrons. The van der Waals surface area contributed by atoms with Crippen LogP contribution in [0.3, 0.4) is 0 Å². The minimum atomic E-state index is -0.881.